The molecule has 2 aromatic carbocycles. The van der Waals surface area contributed by atoms with E-state index in [1.165, 1.54) is 0 Å². The molecule has 0 bridgehead atoms. The van der Waals surface area contributed by atoms with Gasteiger partial charge in [0.1, 0.15) is 13.2 Å². The second-order valence-electron chi connectivity index (χ2n) is 4.53. The van der Waals surface area contributed by atoms with Crippen LogP contribution in [0.5, 0.6) is 11.5 Å². The van der Waals surface area contributed by atoms with Gasteiger partial charge in [0, 0.05) is 22.5 Å². The fourth-order valence-corrected chi connectivity index (χ4v) is 2.11. The molecule has 0 atom stereocenters. The summed E-state index contributed by atoms with van der Waals surface area (Å²) in [5, 5.41) is 0. The molecule has 1 aliphatic heterocycles. The van der Waals surface area contributed by atoms with Crippen molar-refractivity contribution in [3.8, 4) is 11.5 Å². The first-order chi connectivity index (χ1) is 9.65. The van der Waals surface area contributed by atoms with Crippen LogP contribution in [0.15, 0.2) is 36.4 Å². The minimum absolute atomic E-state index is 0.188. The standard InChI is InChI=1S/C15H14N2O3/c16-10-2-3-12(17)11(8-10)15(18)9-1-4-13-14(7-9)20-6-5-19-13/h1-4,7-8H,5-6,16-17H2. The molecule has 0 amide bonds. The molecule has 0 spiro atoms. The quantitative estimate of drug-likeness (QED) is 0.642. The minimum Gasteiger partial charge on any atom is -0.486 e. The summed E-state index contributed by atoms with van der Waals surface area (Å²) in [7, 11) is 0. The van der Waals surface area contributed by atoms with Gasteiger partial charge in [0.15, 0.2) is 17.3 Å². The molecule has 1 aliphatic rings. The lowest BCUT2D eigenvalue weighted by molar-refractivity contribution is 0.103. The number of ketones is 1. The maximum atomic E-state index is 12.5. The van der Waals surface area contributed by atoms with Crippen molar-refractivity contribution in [1.82, 2.24) is 0 Å². The van der Waals surface area contributed by atoms with Crippen molar-refractivity contribution in [2.75, 3.05) is 24.7 Å². The summed E-state index contributed by atoms with van der Waals surface area (Å²) in [6.45, 7) is 0.994. The van der Waals surface area contributed by atoms with E-state index in [0.717, 1.165) is 0 Å². The molecular formula is C15H14N2O3. The van der Waals surface area contributed by atoms with Gasteiger partial charge in [0.05, 0.1) is 0 Å². The summed E-state index contributed by atoms with van der Waals surface area (Å²) in [6, 6.07) is 9.95. The van der Waals surface area contributed by atoms with Crippen molar-refractivity contribution in [2.45, 2.75) is 0 Å². The summed E-state index contributed by atoms with van der Waals surface area (Å²) < 4.78 is 10.9. The predicted octanol–water partition coefficient (Wildman–Crippen LogP) is 1.85. The molecule has 5 heteroatoms. The van der Waals surface area contributed by atoms with E-state index in [1.807, 2.05) is 0 Å². The van der Waals surface area contributed by atoms with E-state index in [0.29, 0.717) is 47.2 Å². The van der Waals surface area contributed by atoms with Crippen LogP contribution in [0.25, 0.3) is 0 Å². The SMILES string of the molecule is Nc1ccc(N)c(C(=O)c2ccc3c(c2)OCCO3)c1. The molecule has 1 heterocycles. The Kier molecular flexibility index (Phi) is 2.95. The Hall–Kier alpha value is -2.69. The molecule has 2 aromatic rings. The number of anilines is 2. The normalized spacial score (nSPS) is 13.0. The lowest BCUT2D eigenvalue weighted by Gasteiger charge is -2.18. The van der Waals surface area contributed by atoms with Gasteiger partial charge in [-0.05, 0) is 36.4 Å². The number of benzene rings is 2. The molecule has 3 rings (SSSR count). The van der Waals surface area contributed by atoms with Gasteiger partial charge in [0.2, 0.25) is 0 Å². The Bertz CT molecular complexity index is 683. The van der Waals surface area contributed by atoms with Crippen molar-refractivity contribution < 1.29 is 14.3 Å². The van der Waals surface area contributed by atoms with Crippen molar-refractivity contribution in [1.29, 1.82) is 0 Å². The van der Waals surface area contributed by atoms with E-state index >= 15 is 0 Å². The summed E-state index contributed by atoms with van der Waals surface area (Å²) in [5.74, 6) is 1.03. The topological polar surface area (TPSA) is 87.6 Å². The molecule has 0 saturated heterocycles. The van der Waals surface area contributed by atoms with Gasteiger partial charge in [-0.2, -0.15) is 0 Å². The lowest BCUT2D eigenvalue weighted by atomic mass is 10.0. The summed E-state index contributed by atoms with van der Waals surface area (Å²) in [6.07, 6.45) is 0. The van der Waals surface area contributed by atoms with Crippen LogP contribution in [-0.2, 0) is 0 Å². The highest BCUT2D eigenvalue weighted by Gasteiger charge is 2.17. The lowest BCUT2D eigenvalue weighted by Crippen LogP contribution is -2.16. The third-order valence-corrected chi connectivity index (χ3v) is 3.13. The number of ether oxygens (including phenoxy) is 2. The van der Waals surface area contributed by atoms with E-state index in [1.54, 1.807) is 36.4 Å². The van der Waals surface area contributed by atoms with Crippen molar-refractivity contribution in [3.63, 3.8) is 0 Å². The van der Waals surface area contributed by atoms with Gasteiger partial charge >= 0.3 is 0 Å². The number of carbonyl (C=O) groups is 1. The highest BCUT2D eigenvalue weighted by atomic mass is 16.6. The Labute approximate surface area is 116 Å². The molecule has 4 N–H and O–H groups in total. The fourth-order valence-electron chi connectivity index (χ4n) is 2.11. The average molecular weight is 270 g/mol. The minimum atomic E-state index is -0.188. The maximum absolute atomic E-state index is 12.5. The van der Waals surface area contributed by atoms with Crippen molar-refractivity contribution >= 4 is 17.2 Å². The first-order valence-corrected chi connectivity index (χ1v) is 6.24. The zero-order valence-corrected chi connectivity index (χ0v) is 10.8. The highest BCUT2D eigenvalue weighted by Crippen LogP contribution is 2.32. The van der Waals surface area contributed by atoms with Crippen LogP contribution in [0, 0.1) is 0 Å². The van der Waals surface area contributed by atoms with Crippen LogP contribution in [0.2, 0.25) is 0 Å². The second kappa shape index (κ2) is 4.77. The number of nitrogen functional groups attached to an aromatic ring is 2. The van der Waals surface area contributed by atoms with Crippen LogP contribution < -0.4 is 20.9 Å². The van der Waals surface area contributed by atoms with Gasteiger partial charge in [-0.15, -0.1) is 0 Å². The number of fused-ring (bicyclic) bond motifs is 1. The Morgan fingerprint density at radius 3 is 2.50 bits per heavy atom. The molecule has 0 aromatic heterocycles. The Morgan fingerprint density at radius 1 is 0.950 bits per heavy atom. The monoisotopic (exact) mass is 270 g/mol. The van der Waals surface area contributed by atoms with Crippen molar-refractivity contribution in [2.24, 2.45) is 0 Å². The Balaban J connectivity index is 2.00. The van der Waals surface area contributed by atoms with Crippen LogP contribution >= 0.6 is 0 Å². The number of rotatable bonds is 2. The van der Waals surface area contributed by atoms with E-state index in [4.69, 9.17) is 20.9 Å². The van der Waals surface area contributed by atoms with Crippen molar-refractivity contribution in [3.05, 3.63) is 47.5 Å². The van der Waals surface area contributed by atoms with Crippen LogP contribution in [0.3, 0.4) is 0 Å². The van der Waals surface area contributed by atoms with E-state index in [-0.39, 0.29) is 5.78 Å². The fraction of sp³-hybridized carbons (Fsp3) is 0.133. The largest absolute Gasteiger partial charge is 0.486 e. The summed E-state index contributed by atoms with van der Waals surface area (Å²) in [5.41, 5.74) is 13.3. The summed E-state index contributed by atoms with van der Waals surface area (Å²) in [4.78, 5) is 12.5. The van der Waals surface area contributed by atoms with Gasteiger partial charge in [-0.25, -0.2) is 0 Å². The van der Waals surface area contributed by atoms with Crippen LogP contribution in [0.4, 0.5) is 11.4 Å². The van der Waals surface area contributed by atoms with Gasteiger partial charge in [-0.3, -0.25) is 4.79 Å². The summed E-state index contributed by atoms with van der Waals surface area (Å²) >= 11 is 0. The number of hydrogen-bond acceptors (Lipinski definition) is 5. The van der Waals surface area contributed by atoms with E-state index < -0.39 is 0 Å². The first-order valence-electron chi connectivity index (χ1n) is 6.24. The third kappa shape index (κ3) is 2.14. The zero-order valence-electron chi connectivity index (χ0n) is 10.8. The molecular weight excluding hydrogens is 256 g/mol. The molecule has 0 unspecified atom stereocenters. The Morgan fingerprint density at radius 2 is 1.70 bits per heavy atom. The van der Waals surface area contributed by atoms with Gasteiger partial charge in [-0.1, -0.05) is 0 Å². The molecule has 102 valence electrons. The van der Waals surface area contributed by atoms with E-state index in [2.05, 4.69) is 0 Å². The average Bonchev–Trinajstić information content (AvgIpc) is 2.48. The number of nitrogens with two attached hydrogens (primary N) is 2. The van der Waals surface area contributed by atoms with Gasteiger partial charge < -0.3 is 20.9 Å². The molecule has 0 radical (unpaired) electrons. The van der Waals surface area contributed by atoms with Crippen LogP contribution in [0.1, 0.15) is 15.9 Å². The molecule has 5 nitrogen and oxygen atoms in total. The van der Waals surface area contributed by atoms with E-state index in [9.17, 15) is 4.79 Å². The molecule has 0 aliphatic carbocycles. The number of hydrogen-bond donors (Lipinski definition) is 2. The molecule has 0 saturated carbocycles. The van der Waals surface area contributed by atoms with Gasteiger partial charge in [0.25, 0.3) is 0 Å². The first kappa shape index (κ1) is 12.3. The number of carbonyl (C=O) groups excluding carboxylic acids is 1. The highest BCUT2D eigenvalue weighted by molar-refractivity contribution is 6.12. The maximum Gasteiger partial charge on any atom is 0.195 e. The zero-order chi connectivity index (χ0) is 14.1. The third-order valence-electron chi connectivity index (χ3n) is 3.13. The van der Waals surface area contributed by atoms with Crippen LogP contribution in [-0.4, -0.2) is 19.0 Å². The second-order valence-corrected chi connectivity index (χ2v) is 4.53. The molecule has 0 fully saturated rings. The predicted molar refractivity (Wildman–Crippen MR) is 76.1 cm³/mol. The smallest absolute Gasteiger partial charge is 0.195 e. The molecule has 20 heavy (non-hydrogen) atoms.